The molecule has 0 radical (unpaired) electrons. The number of nitrogens with zero attached hydrogens (tertiary/aromatic N) is 2. The summed E-state index contributed by atoms with van der Waals surface area (Å²) < 4.78 is 5.62. The van der Waals surface area contributed by atoms with E-state index >= 15 is 0 Å². The van der Waals surface area contributed by atoms with Crippen molar-refractivity contribution in [3.05, 3.63) is 41.2 Å². The Bertz CT molecular complexity index is 520. The monoisotopic (exact) mass is 276 g/mol. The summed E-state index contributed by atoms with van der Waals surface area (Å²) in [6, 6.07) is 9.52. The number of aromatic nitrogens is 2. The number of benzene rings is 1. The van der Waals surface area contributed by atoms with Gasteiger partial charge in [-0.25, -0.2) is 9.97 Å². The molecule has 0 amide bonds. The van der Waals surface area contributed by atoms with E-state index in [4.69, 9.17) is 16.3 Å². The maximum absolute atomic E-state index is 5.94. The zero-order chi connectivity index (χ0) is 13.7. The third-order valence-corrected chi connectivity index (χ3v) is 2.90. The van der Waals surface area contributed by atoms with E-state index in [1.807, 2.05) is 31.2 Å². The average Bonchev–Trinajstić information content (AvgIpc) is 2.39. The molecular formula is C15H17ClN2O. The minimum absolute atomic E-state index is 0.464. The van der Waals surface area contributed by atoms with Crippen molar-refractivity contribution in [3.8, 4) is 17.1 Å². The molecule has 0 aliphatic rings. The topological polar surface area (TPSA) is 35.0 Å². The van der Waals surface area contributed by atoms with Gasteiger partial charge in [0.1, 0.15) is 10.9 Å². The van der Waals surface area contributed by atoms with E-state index in [-0.39, 0.29) is 0 Å². The summed E-state index contributed by atoms with van der Waals surface area (Å²) in [5.41, 5.74) is 1.80. The predicted octanol–water partition coefficient (Wildman–Crippen LogP) is 4.28. The number of hydrogen-bond donors (Lipinski definition) is 0. The Labute approximate surface area is 118 Å². The van der Waals surface area contributed by atoms with Crippen molar-refractivity contribution in [2.24, 2.45) is 0 Å². The smallest absolute Gasteiger partial charge is 0.161 e. The van der Waals surface area contributed by atoms with Gasteiger partial charge in [0.15, 0.2) is 5.82 Å². The third-order valence-electron chi connectivity index (χ3n) is 2.70. The molecule has 0 spiro atoms. The van der Waals surface area contributed by atoms with Crippen LogP contribution in [0.3, 0.4) is 0 Å². The summed E-state index contributed by atoms with van der Waals surface area (Å²) in [4.78, 5) is 8.60. The van der Waals surface area contributed by atoms with Crippen molar-refractivity contribution in [2.45, 2.75) is 26.7 Å². The van der Waals surface area contributed by atoms with Crippen molar-refractivity contribution < 1.29 is 4.74 Å². The zero-order valence-electron chi connectivity index (χ0n) is 11.2. The van der Waals surface area contributed by atoms with Crippen molar-refractivity contribution >= 4 is 11.6 Å². The molecule has 0 unspecified atom stereocenters. The minimum Gasteiger partial charge on any atom is -0.494 e. The number of ether oxygens (including phenoxy) is 1. The van der Waals surface area contributed by atoms with Crippen LogP contribution in [0, 0.1) is 6.92 Å². The summed E-state index contributed by atoms with van der Waals surface area (Å²) >= 11 is 5.94. The first-order chi connectivity index (χ1) is 9.19. The highest BCUT2D eigenvalue weighted by atomic mass is 35.5. The van der Waals surface area contributed by atoms with E-state index in [0.29, 0.717) is 11.0 Å². The quantitative estimate of drug-likeness (QED) is 0.604. The fraction of sp³-hybridized carbons (Fsp3) is 0.333. The first kappa shape index (κ1) is 13.8. The van der Waals surface area contributed by atoms with Crippen molar-refractivity contribution in [2.75, 3.05) is 6.61 Å². The van der Waals surface area contributed by atoms with E-state index in [2.05, 4.69) is 16.9 Å². The van der Waals surface area contributed by atoms with Gasteiger partial charge in [-0.05, 0) is 43.7 Å². The molecule has 1 aromatic carbocycles. The maximum Gasteiger partial charge on any atom is 0.161 e. The summed E-state index contributed by atoms with van der Waals surface area (Å²) in [5.74, 6) is 1.51. The standard InChI is InChI=1S/C15H17ClN2O/c1-3-4-9-19-13-7-5-12(6-8-13)15-17-11(2)10-14(16)18-15/h5-8,10H,3-4,9H2,1-2H3. The predicted molar refractivity (Wildman–Crippen MR) is 77.6 cm³/mol. The molecule has 0 bridgehead atoms. The first-order valence-corrected chi connectivity index (χ1v) is 6.81. The van der Waals surface area contributed by atoms with Crippen LogP contribution in [0.15, 0.2) is 30.3 Å². The van der Waals surface area contributed by atoms with Crippen LogP contribution >= 0.6 is 11.6 Å². The van der Waals surface area contributed by atoms with Crippen LogP contribution in [0.2, 0.25) is 5.15 Å². The van der Waals surface area contributed by atoms with Crippen LogP contribution in [-0.2, 0) is 0 Å². The Balaban J connectivity index is 2.13. The van der Waals surface area contributed by atoms with E-state index in [9.17, 15) is 0 Å². The number of aryl methyl sites for hydroxylation is 1. The molecule has 0 N–H and O–H groups in total. The molecule has 0 aliphatic heterocycles. The molecule has 2 rings (SSSR count). The number of unbranched alkanes of at least 4 members (excludes halogenated alkanes) is 1. The minimum atomic E-state index is 0.464. The summed E-state index contributed by atoms with van der Waals surface area (Å²) in [7, 11) is 0. The fourth-order valence-electron chi connectivity index (χ4n) is 1.69. The van der Waals surface area contributed by atoms with Crippen molar-refractivity contribution in [1.82, 2.24) is 9.97 Å². The normalized spacial score (nSPS) is 10.5. The van der Waals surface area contributed by atoms with Crippen LogP contribution in [0.5, 0.6) is 5.75 Å². The highest BCUT2D eigenvalue weighted by Gasteiger charge is 2.04. The molecule has 0 aliphatic carbocycles. The van der Waals surface area contributed by atoms with E-state index in [0.717, 1.165) is 36.5 Å². The van der Waals surface area contributed by atoms with Crippen LogP contribution in [0.1, 0.15) is 25.5 Å². The number of hydrogen-bond acceptors (Lipinski definition) is 3. The molecule has 0 saturated heterocycles. The van der Waals surface area contributed by atoms with Gasteiger partial charge >= 0.3 is 0 Å². The lowest BCUT2D eigenvalue weighted by Crippen LogP contribution is -1.96. The maximum atomic E-state index is 5.94. The summed E-state index contributed by atoms with van der Waals surface area (Å²) in [6.07, 6.45) is 2.20. The molecule has 2 aromatic rings. The Morgan fingerprint density at radius 3 is 2.53 bits per heavy atom. The molecule has 19 heavy (non-hydrogen) atoms. The highest BCUT2D eigenvalue weighted by Crippen LogP contribution is 2.21. The van der Waals surface area contributed by atoms with E-state index < -0.39 is 0 Å². The molecule has 1 heterocycles. The third kappa shape index (κ3) is 3.93. The largest absolute Gasteiger partial charge is 0.494 e. The van der Waals surface area contributed by atoms with Crippen LogP contribution < -0.4 is 4.74 Å². The SMILES string of the molecule is CCCCOc1ccc(-c2nc(C)cc(Cl)n2)cc1. The average molecular weight is 277 g/mol. The summed E-state index contributed by atoms with van der Waals surface area (Å²) in [5, 5.41) is 0.464. The second-order valence-corrected chi connectivity index (χ2v) is 4.77. The van der Waals surface area contributed by atoms with Gasteiger partial charge in [0.2, 0.25) is 0 Å². The second-order valence-electron chi connectivity index (χ2n) is 4.38. The lowest BCUT2D eigenvalue weighted by atomic mass is 10.2. The molecular weight excluding hydrogens is 260 g/mol. The second kappa shape index (κ2) is 6.53. The van der Waals surface area contributed by atoms with Gasteiger partial charge in [0.25, 0.3) is 0 Å². The van der Waals surface area contributed by atoms with Crippen LogP contribution in [-0.4, -0.2) is 16.6 Å². The Hall–Kier alpha value is -1.61. The first-order valence-electron chi connectivity index (χ1n) is 6.43. The van der Waals surface area contributed by atoms with Gasteiger partial charge in [-0.3, -0.25) is 0 Å². The van der Waals surface area contributed by atoms with E-state index in [1.165, 1.54) is 0 Å². The summed E-state index contributed by atoms with van der Waals surface area (Å²) in [6.45, 7) is 4.80. The van der Waals surface area contributed by atoms with Gasteiger partial charge in [0, 0.05) is 11.3 Å². The lowest BCUT2D eigenvalue weighted by molar-refractivity contribution is 0.309. The molecule has 0 saturated carbocycles. The van der Waals surface area contributed by atoms with Gasteiger partial charge in [-0.15, -0.1) is 0 Å². The van der Waals surface area contributed by atoms with Gasteiger partial charge in [-0.1, -0.05) is 24.9 Å². The fourth-order valence-corrected chi connectivity index (χ4v) is 1.93. The number of rotatable bonds is 5. The molecule has 0 atom stereocenters. The molecule has 1 aromatic heterocycles. The van der Waals surface area contributed by atoms with Crippen molar-refractivity contribution in [1.29, 1.82) is 0 Å². The van der Waals surface area contributed by atoms with Crippen LogP contribution in [0.25, 0.3) is 11.4 Å². The Morgan fingerprint density at radius 2 is 1.89 bits per heavy atom. The molecule has 0 fully saturated rings. The molecule has 4 heteroatoms. The molecule has 100 valence electrons. The van der Waals surface area contributed by atoms with Crippen LogP contribution in [0.4, 0.5) is 0 Å². The van der Waals surface area contributed by atoms with E-state index in [1.54, 1.807) is 6.07 Å². The van der Waals surface area contributed by atoms with Gasteiger partial charge in [-0.2, -0.15) is 0 Å². The Morgan fingerprint density at radius 1 is 1.16 bits per heavy atom. The highest BCUT2D eigenvalue weighted by molar-refractivity contribution is 6.29. The zero-order valence-corrected chi connectivity index (χ0v) is 11.9. The van der Waals surface area contributed by atoms with Gasteiger partial charge < -0.3 is 4.74 Å². The Kier molecular flexibility index (Phi) is 4.74. The number of halogens is 1. The van der Waals surface area contributed by atoms with Crippen molar-refractivity contribution in [3.63, 3.8) is 0 Å². The molecule has 3 nitrogen and oxygen atoms in total. The van der Waals surface area contributed by atoms with Gasteiger partial charge in [0.05, 0.1) is 6.61 Å². The lowest BCUT2D eigenvalue weighted by Gasteiger charge is -2.06.